The number of pyridine rings is 2. The van der Waals surface area contributed by atoms with Crippen molar-refractivity contribution >= 4 is 55.5 Å². The fourth-order valence-electron chi connectivity index (χ4n) is 6.24. The SMILES string of the molecule is CC(C)c1cc(-c2[c-]cccc2)ncc1[Si](C)(C)C.[Ir].[c-]1ccc2c(sc3cc(-c4ccccc4)ccc32)c1-c1cc2ccccc2cn1. The summed E-state index contributed by atoms with van der Waals surface area (Å²) >= 11 is 1.83. The summed E-state index contributed by atoms with van der Waals surface area (Å²) in [5.41, 5.74) is 8.10. The molecular formula is C44H38IrN2SSi-2. The number of fused-ring (bicyclic) bond motifs is 4. The molecule has 0 N–H and O–H groups in total. The van der Waals surface area contributed by atoms with E-state index in [9.17, 15) is 0 Å². The number of thiophene rings is 1. The molecule has 0 bridgehead atoms. The van der Waals surface area contributed by atoms with Crippen LogP contribution in [0.2, 0.25) is 19.6 Å². The van der Waals surface area contributed by atoms with Crippen molar-refractivity contribution in [2.45, 2.75) is 39.4 Å². The minimum Gasteiger partial charge on any atom is -0.305 e. The van der Waals surface area contributed by atoms with Gasteiger partial charge in [-0.1, -0.05) is 123 Å². The van der Waals surface area contributed by atoms with Crippen LogP contribution in [0.5, 0.6) is 0 Å². The predicted molar refractivity (Wildman–Crippen MR) is 210 cm³/mol. The van der Waals surface area contributed by atoms with Crippen LogP contribution in [0.15, 0.2) is 134 Å². The van der Waals surface area contributed by atoms with Crippen molar-refractivity contribution in [3.63, 3.8) is 0 Å². The molecule has 0 saturated heterocycles. The van der Waals surface area contributed by atoms with Gasteiger partial charge in [-0.25, -0.2) is 0 Å². The number of hydrogen-bond acceptors (Lipinski definition) is 3. The van der Waals surface area contributed by atoms with Crippen molar-refractivity contribution in [3.8, 4) is 33.6 Å². The first-order chi connectivity index (χ1) is 23.3. The van der Waals surface area contributed by atoms with Crippen LogP contribution in [-0.4, -0.2) is 18.0 Å². The van der Waals surface area contributed by atoms with Gasteiger partial charge in [-0.15, -0.1) is 59.7 Å². The molecule has 0 saturated carbocycles. The monoisotopic (exact) mass is 847 g/mol. The van der Waals surface area contributed by atoms with Gasteiger partial charge in [0, 0.05) is 37.2 Å². The molecule has 49 heavy (non-hydrogen) atoms. The van der Waals surface area contributed by atoms with Crippen molar-refractivity contribution in [2.75, 3.05) is 0 Å². The topological polar surface area (TPSA) is 25.8 Å². The molecule has 0 spiro atoms. The van der Waals surface area contributed by atoms with E-state index in [0.29, 0.717) is 5.92 Å². The summed E-state index contributed by atoms with van der Waals surface area (Å²) < 4.78 is 2.54. The summed E-state index contributed by atoms with van der Waals surface area (Å²) in [6.45, 7) is 11.7. The van der Waals surface area contributed by atoms with Gasteiger partial charge in [-0.2, -0.15) is 11.3 Å². The third kappa shape index (κ3) is 7.36. The van der Waals surface area contributed by atoms with Crippen molar-refractivity contribution < 1.29 is 20.1 Å². The Labute approximate surface area is 308 Å². The third-order valence-electron chi connectivity index (χ3n) is 8.78. The van der Waals surface area contributed by atoms with E-state index in [1.165, 1.54) is 47.4 Å². The molecule has 0 unspecified atom stereocenters. The van der Waals surface area contributed by atoms with Crippen molar-refractivity contribution in [1.82, 2.24) is 9.97 Å². The van der Waals surface area contributed by atoms with Gasteiger partial charge in [-0.3, -0.25) is 0 Å². The van der Waals surface area contributed by atoms with Gasteiger partial charge in [-0.05, 0) is 60.5 Å². The maximum absolute atomic E-state index is 4.74. The van der Waals surface area contributed by atoms with Crippen LogP contribution in [0, 0.1) is 12.1 Å². The Hall–Kier alpha value is -4.25. The van der Waals surface area contributed by atoms with E-state index in [1.807, 2.05) is 47.9 Å². The molecule has 2 nitrogen and oxygen atoms in total. The van der Waals surface area contributed by atoms with Gasteiger partial charge >= 0.3 is 0 Å². The van der Waals surface area contributed by atoms with Crippen molar-refractivity contribution in [2.24, 2.45) is 0 Å². The van der Waals surface area contributed by atoms with E-state index >= 15 is 0 Å². The van der Waals surface area contributed by atoms with Gasteiger partial charge < -0.3 is 9.97 Å². The third-order valence-corrected chi connectivity index (χ3v) is 12.0. The molecular weight excluding hydrogens is 809 g/mol. The first-order valence-electron chi connectivity index (χ1n) is 16.5. The van der Waals surface area contributed by atoms with Crippen LogP contribution >= 0.6 is 11.3 Å². The Balaban J connectivity index is 0.000000183. The second-order valence-electron chi connectivity index (χ2n) is 13.5. The van der Waals surface area contributed by atoms with Gasteiger partial charge in [0.1, 0.15) is 0 Å². The number of benzene rings is 5. The Kier molecular flexibility index (Phi) is 10.4. The molecule has 0 aliphatic rings. The molecule has 0 aliphatic heterocycles. The number of hydrogen-bond donors (Lipinski definition) is 0. The van der Waals surface area contributed by atoms with Gasteiger partial charge in [0.15, 0.2) is 0 Å². The van der Waals surface area contributed by atoms with E-state index in [-0.39, 0.29) is 20.1 Å². The molecule has 0 amide bonds. The predicted octanol–water partition coefficient (Wildman–Crippen LogP) is 12.0. The van der Waals surface area contributed by atoms with E-state index in [1.54, 1.807) is 0 Å². The molecule has 3 aromatic heterocycles. The fourth-order valence-corrected chi connectivity index (χ4v) is 9.16. The summed E-state index contributed by atoms with van der Waals surface area (Å²) in [6.07, 6.45) is 4.05. The van der Waals surface area contributed by atoms with Gasteiger partial charge in [0.05, 0.1) is 8.07 Å². The van der Waals surface area contributed by atoms with Crippen LogP contribution in [0.25, 0.3) is 64.6 Å². The van der Waals surface area contributed by atoms with Crippen molar-refractivity contribution in [1.29, 1.82) is 0 Å². The standard InChI is InChI=1S/C27H16NS.C17H22NSi.Ir/c1-2-7-18(8-3-1)20-13-14-22-23-11-6-12-24(27(23)29-26(22)16-20)25-15-19-9-4-5-10-21(19)17-28-25;1-13(2)15-11-16(14-9-7-6-8-10-14)18-12-17(15)19(3,4)5;/h1-11,13-17H;6-9,11-13H,1-5H3;/q2*-1;. The molecule has 245 valence electrons. The fraction of sp³-hybridized carbons (Fsp3) is 0.136. The largest absolute Gasteiger partial charge is 0.305 e. The Morgan fingerprint density at radius 2 is 1.37 bits per heavy atom. The molecule has 3 heterocycles. The minimum atomic E-state index is -1.34. The quantitative estimate of drug-likeness (QED) is 0.127. The minimum absolute atomic E-state index is 0. The van der Waals surface area contributed by atoms with Crippen LogP contribution in [-0.2, 0) is 20.1 Å². The molecule has 8 rings (SSSR count). The average molecular weight is 847 g/mol. The smallest absolute Gasteiger partial charge is 0.0799 e. The number of rotatable bonds is 5. The summed E-state index contributed by atoms with van der Waals surface area (Å²) in [4.78, 5) is 9.40. The first kappa shape index (κ1) is 34.6. The molecule has 8 aromatic rings. The summed E-state index contributed by atoms with van der Waals surface area (Å²) in [7, 11) is -1.34. The average Bonchev–Trinajstić information content (AvgIpc) is 3.50. The maximum atomic E-state index is 4.74. The van der Waals surface area contributed by atoms with E-state index < -0.39 is 8.07 Å². The zero-order valence-electron chi connectivity index (χ0n) is 28.4. The molecule has 5 heteroatoms. The van der Waals surface area contributed by atoms with Gasteiger partial charge in [0.25, 0.3) is 0 Å². The zero-order chi connectivity index (χ0) is 33.3. The number of nitrogens with zero attached hydrogens (tertiary/aromatic N) is 2. The molecule has 0 fully saturated rings. The van der Waals surface area contributed by atoms with Crippen molar-refractivity contribution in [3.05, 3.63) is 151 Å². The Bertz CT molecular complexity index is 2360. The van der Waals surface area contributed by atoms with Gasteiger partial charge in [0.2, 0.25) is 0 Å². The maximum Gasteiger partial charge on any atom is 0.0799 e. The van der Waals surface area contributed by atoms with E-state index in [0.717, 1.165) is 27.9 Å². The Morgan fingerprint density at radius 1 is 0.633 bits per heavy atom. The normalized spacial score (nSPS) is 11.4. The van der Waals surface area contributed by atoms with E-state index in [2.05, 4.69) is 148 Å². The summed E-state index contributed by atoms with van der Waals surface area (Å²) in [6, 6.07) is 49.0. The van der Waals surface area contributed by atoms with Crippen LogP contribution in [0.3, 0.4) is 0 Å². The Morgan fingerprint density at radius 3 is 2.10 bits per heavy atom. The van der Waals surface area contributed by atoms with E-state index in [4.69, 9.17) is 4.98 Å². The van der Waals surface area contributed by atoms with Crippen LogP contribution in [0.4, 0.5) is 0 Å². The second kappa shape index (κ2) is 14.7. The van der Waals surface area contributed by atoms with Crippen LogP contribution in [0.1, 0.15) is 25.3 Å². The summed E-state index contributed by atoms with van der Waals surface area (Å²) in [5, 5.41) is 6.40. The zero-order valence-corrected chi connectivity index (χ0v) is 32.6. The summed E-state index contributed by atoms with van der Waals surface area (Å²) in [5.74, 6) is 0.534. The second-order valence-corrected chi connectivity index (χ2v) is 19.6. The molecule has 5 aromatic carbocycles. The van der Waals surface area contributed by atoms with Crippen LogP contribution < -0.4 is 5.19 Å². The molecule has 1 radical (unpaired) electrons. The number of aromatic nitrogens is 2. The first-order valence-corrected chi connectivity index (χ1v) is 20.8. The molecule has 0 aliphatic carbocycles. The molecule has 0 atom stereocenters.